The molecule has 0 aliphatic carbocycles. The molecule has 1 atom stereocenters. The molecule has 14 heteroatoms. The lowest BCUT2D eigenvalue weighted by molar-refractivity contribution is -0.380. The number of imide groups is 1. The van der Waals surface area contributed by atoms with Gasteiger partial charge in [-0.05, 0) is 18.2 Å². The first kappa shape index (κ1) is 26.6. The molecule has 0 fully saturated rings. The Morgan fingerprint density at radius 3 is 2.32 bits per heavy atom. The number of dihydropyridines is 1. The smallest absolute Gasteiger partial charge is 0.336 e. The molecule has 38 heavy (non-hydrogen) atoms. The highest BCUT2D eigenvalue weighted by Crippen LogP contribution is 2.43. The van der Waals surface area contributed by atoms with Crippen LogP contribution in [-0.4, -0.2) is 72.2 Å². The zero-order valence-corrected chi connectivity index (χ0v) is 20.6. The normalized spacial score (nSPS) is 17.0. The van der Waals surface area contributed by atoms with Crippen LogP contribution >= 0.6 is 11.3 Å². The molecule has 4 rings (SSSR count). The molecular formula is C24H20FN3O9S. The van der Waals surface area contributed by atoms with Crippen molar-refractivity contribution in [3.05, 3.63) is 85.1 Å². The summed E-state index contributed by atoms with van der Waals surface area (Å²) >= 11 is 0.643. The zero-order valence-electron chi connectivity index (χ0n) is 19.8. The van der Waals surface area contributed by atoms with E-state index in [0.717, 1.165) is 18.1 Å². The van der Waals surface area contributed by atoms with Crippen LogP contribution in [0.4, 0.5) is 9.39 Å². The van der Waals surface area contributed by atoms with E-state index in [1.54, 1.807) is 12.1 Å². The SMILES string of the molecule is COC(=O)C1=C(CF)NC(COCCN2C(=O)c3ccccc3C2=O)=C(C(=O)O)C1c1ccc([N+](=O)[O-])s1. The summed E-state index contributed by atoms with van der Waals surface area (Å²) in [4.78, 5) is 61.6. The molecule has 2 aliphatic heterocycles. The second kappa shape index (κ2) is 10.9. The molecule has 0 bridgehead atoms. The topological polar surface area (TPSA) is 165 Å². The Morgan fingerprint density at radius 1 is 1.13 bits per heavy atom. The van der Waals surface area contributed by atoms with Crippen LogP contribution < -0.4 is 5.32 Å². The van der Waals surface area contributed by atoms with Crippen molar-refractivity contribution < 1.29 is 43.1 Å². The molecule has 198 valence electrons. The maximum absolute atomic E-state index is 14.0. The van der Waals surface area contributed by atoms with E-state index in [1.807, 2.05) is 0 Å². The molecule has 2 N–H and O–H groups in total. The molecule has 2 amide bonds. The maximum Gasteiger partial charge on any atom is 0.336 e. The number of esters is 1. The Kier molecular flexibility index (Phi) is 7.64. The third-order valence-electron chi connectivity index (χ3n) is 5.96. The first-order valence-corrected chi connectivity index (χ1v) is 11.9. The van der Waals surface area contributed by atoms with Crippen molar-refractivity contribution in [2.45, 2.75) is 5.92 Å². The number of methoxy groups -OCH3 is 1. The summed E-state index contributed by atoms with van der Waals surface area (Å²) in [5, 5.41) is 23.5. The summed E-state index contributed by atoms with van der Waals surface area (Å²) in [5.41, 5.74) is -0.561. The average molecular weight is 546 g/mol. The van der Waals surface area contributed by atoms with Crippen molar-refractivity contribution in [3.8, 4) is 0 Å². The molecule has 1 aromatic carbocycles. The Morgan fingerprint density at radius 2 is 1.79 bits per heavy atom. The van der Waals surface area contributed by atoms with Crippen molar-refractivity contribution in [2.75, 3.05) is 33.5 Å². The van der Waals surface area contributed by atoms with Crippen LogP contribution in [0.25, 0.3) is 0 Å². The molecule has 1 aromatic heterocycles. The molecule has 0 saturated carbocycles. The van der Waals surface area contributed by atoms with Gasteiger partial charge in [0.15, 0.2) is 0 Å². The minimum absolute atomic E-state index is 0.0961. The lowest BCUT2D eigenvalue weighted by atomic mass is 9.84. The Labute approximate surface area is 218 Å². The van der Waals surface area contributed by atoms with Gasteiger partial charge >= 0.3 is 16.9 Å². The number of amides is 2. The van der Waals surface area contributed by atoms with Crippen molar-refractivity contribution in [1.82, 2.24) is 10.2 Å². The number of thiophene rings is 1. The number of allylic oxidation sites excluding steroid dienone is 1. The van der Waals surface area contributed by atoms with Crippen LogP contribution in [-0.2, 0) is 19.1 Å². The number of nitrogens with one attached hydrogen (secondary N) is 1. The quantitative estimate of drug-likeness (QED) is 0.149. The number of benzene rings is 1. The zero-order chi connectivity index (χ0) is 27.6. The summed E-state index contributed by atoms with van der Waals surface area (Å²) in [6.45, 7) is -1.90. The fraction of sp³-hybridized carbons (Fsp3) is 0.250. The Bertz CT molecular complexity index is 1380. The molecule has 2 aliphatic rings. The van der Waals surface area contributed by atoms with Crippen LogP contribution in [0.3, 0.4) is 0 Å². The number of fused-ring (bicyclic) bond motifs is 1. The van der Waals surface area contributed by atoms with E-state index in [0.29, 0.717) is 11.3 Å². The molecule has 0 saturated heterocycles. The number of nitrogens with zero attached hydrogens (tertiary/aromatic N) is 2. The van der Waals surface area contributed by atoms with Gasteiger partial charge in [0.2, 0.25) is 0 Å². The standard InChI is InChI=1S/C24H20FN3O9S/c1-36-24(33)19-14(10-25)26-15(18(23(31)32)20(19)16-6-7-17(38-16)28(34)35)11-37-9-8-27-21(29)12-4-2-3-5-13(12)22(27)30/h2-7,20,26H,8-11H2,1H3,(H,31,32). The fourth-order valence-corrected chi connectivity index (χ4v) is 5.23. The van der Waals surface area contributed by atoms with Gasteiger partial charge in [0.1, 0.15) is 6.67 Å². The van der Waals surface area contributed by atoms with E-state index in [2.05, 4.69) is 5.32 Å². The van der Waals surface area contributed by atoms with Gasteiger partial charge in [-0.3, -0.25) is 24.6 Å². The van der Waals surface area contributed by atoms with E-state index in [4.69, 9.17) is 9.47 Å². The fourth-order valence-electron chi connectivity index (χ4n) is 4.28. The summed E-state index contributed by atoms with van der Waals surface area (Å²) in [5.74, 6) is -4.83. The second-order valence-electron chi connectivity index (χ2n) is 8.07. The van der Waals surface area contributed by atoms with Gasteiger partial charge in [0, 0.05) is 10.9 Å². The van der Waals surface area contributed by atoms with Crippen molar-refractivity contribution >= 4 is 40.1 Å². The summed E-state index contributed by atoms with van der Waals surface area (Å²) in [7, 11) is 1.04. The number of carbonyl (C=O) groups excluding carboxylic acids is 3. The van der Waals surface area contributed by atoms with Gasteiger partial charge < -0.3 is 19.9 Å². The van der Waals surface area contributed by atoms with E-state index in [9.17, 15) is 38.8 Å². The molecule has 0 spiro atoms. The lowest BCUT2D eigenvalue weighted by Gasteiger charge is -2.30. The van der Waals surface area contributed by atoms with Crippen molar-refractivity contribution in [1.29, 1.82) is 0 Å². The monoisotopic (exact) mass is 545 g/mol. The lowest BCUT2D eigenvalue weighted by Crippen LogP contribution is -2.36. The van der Waals surface area contributed by atoms with Crippen LogP contribution in [0.2, 0.25) is 0 Å². The Balaban J connectivity index is 1.59. The van der Waals surface area contributed by atoms with Gasteiger partial charge in [-0.2, -0.15) is 0 Å². The van der Waals surface area contributed by atoms with Gasteiger partial charge in [-0.25, -0.2) is 14.0 Å². The predicted octanol–water partition coefficient (Wildman–Crippen LogP) is 2.39. The number of carboxylic acid groups (broad SMARTS) is 1. The largest absolute Gasteiger partial charge is 0.478 e. The molecule has 1 unspecified atom stereocenters. The summed E-state index contributed by atoms with van der Waals surface area (Å²) in [6.07, 6.45) is 0. The molecule has 3 heterocycles. The van der Waals surface area contributed by atoms with E-state index >= 15 is 0 Å². The van der Waals surface area contributed by atoms with Crippen LogP contribution in [0.15, 0.2) is 58.9 Å². The first-order valence-electron chi connectivity index (χ1n) is 11.1. The van der Waals surface area contributed by atoms with Gasteiger partial charge in [-0.15, -0.1) is 0 Å². The highest BCUT2D eigenvalue weighted by molar-refractivity contribution is 7.15. The van der Waals surface area contributed by atoms with E-state index in [-0.39, 0.29) is 56.7 Å². The molecule has 12 nitrogen and oxygen atoms in total. The summed E-state index contributed by atoms with van der Waals surface area (Å²) in [6, 6.07) is 8.78. The van der Waals surface area contributed by atoms with Crippen LogP contribution in [0, 0.1) is 10.1 Å². The van der Waals surface area contributed by atoms with Gasteiger partial charge in [0.05, 0.1) is 71.4 Å². The van der Waals surface area contributed by atoms with Crippen LogP contribution in [0.1, 0.15) is 31.5 Å². The molecule has 0 radical (unpaired) electrons. The molecular weight excluding hydrogens is 525 g/mol. The number of rotatable bonds is 10. The Hall–Kier alpha value is -4.43. The average Bonchev–Trinajstić information content (AvgIpc) is 3.49. The highest BCUT2D eigenvalue weighted by atomic mass is 32.1. The highest BCUT2D eigenvalue weighted by Gasteiger charge is 2.41. The third-order valence-corrected chi connectivity index (χ3v) is 7.06. The minimum Gasteiger partial charge on any atom is -0.478 e. The van der Waals surface area contributed by atoms with Crippen LogP contribution in [0.5, 0.6) is 0 Å². The van der Waals surface area contributed by atoms with E-state index < -0.39 is 47.9 Å². The first-order chi connectivity index (χ1) is 18.2. The van der Waals surface area contributed by atoms with Crippen molar-refractivity contribution in [3.63, 3.8) is 0 Å². The number of hydrogen-bond acceptors (Lipinski definition) is 10. The predicted molar refractivity (Wildman–Crippen MR) is 129 cm³/mol. The van der Waals surface area contributed by atoms with Gasteiger partial charge in [0.25, 0.3) is 11.8 Å². The molecule has 2 aromatic rings. The van der Waals surface area contributed by atoms with Gasteiger partial charge in [-0.1, -0.05) is 23.5 Å². The number of aliphatic carboxylic acids is 1. The number of hydrogen-bond donors (Lipinski definition) is 2. The second-order valence-corrected chi connectivity index (χ2v) is 9.16. The minimum atomic E-state index is -1.48. The number of carbonyl (C=O) groups is 4. The van der Waals surface area contributed by atoms with Crippen molar-refractivity contribution in [2.24, 2.45) is 0 Å². The summed E-state index contributed by atoms with van der Waals surface area (Å²) < 4.78 is 24.3. The number of alkyl halides is 1. The van der Waals surface area contributed by atoms with E-state index in [1.165, 1.54) is 18.2 Å². The number of nitro groups is 1. The maximum atomic E-state index is 14.0. The third kappa shape index (κ3) is 4.78. The number of ether oxygens (including phenoxy) is 2. The number of carboxylic acids is 1. The number of halogens is 1.